The molecule has 0 atom stereocenters. The van der Waals surface area contributed by atoms with Gasteiger partial charge in [-0.15, -0.1) is 0 Å². The van der Waals surface area contributed by atoms with Crippen LogP contribution in [0.1, 0.15) is 15.9 Å². The fourth-order valence-electron chi connectivity index (χ4n) is 1.84. The van der Waals surface area contributed by atoms with E-state index in [2.05, 4.69) is 15.9 Å². The van der Waals surface area contributed by atoms with Crippen molar-refractivity contribution in [2.75, 3.05) is 14.2 Å². The topological polar surface area (TPSA) is 35.5 Å². The van der Waals surface area contributed by atoms with Crippen LogP contribution in [0.2, 0.25) is 5.02 Å². The highest BCUT2D eigenvalue weighted by atomic mass is 79.9. The van der Waals surface area contributed by atoms with Gasteiger partial charge in [0.05, 0.1) is 19.2 Å². The van der Waals surface area contributed by atoms with Crippen molar-refractivity contribution in [2.24, 2.45) is 0 Å². The number of rotatable bonds is 4. The lowest BCUT2D eigenvalue weighted by atomic mass is 10.0. The van der Waals surface area contributed by atoms with Crippen molar-refractivity contribution in [1.82, 2.24) is 0 Å². The Balaban J connectivity index is 2.55. The van der Waals surface area contributed by atoms with Gasteiger partial charge in [0.1, 0.15) is 5.82 Å². The van der Waals surface area contributed by atoms with Gasteiger partial charge >= 0.3 is 0 Å². The molecular weight excluding hydrogens is 363 g/mol. The van der Waals surface area contributed by atoms with Crippen LogP contribution in [0.4, 0.5) is 4.39 Å². The number of benzene rings is 2. The highest BCUT2D eigenvalue weighted by Crippen LogP contribution is 2.35. The summed E-state index contributed by atoms with van der Waals surface area (Å²) in [5, 5.41) is 0.203. The maximum atomic E-state index is 13.3. The molecule has 2 rings (SSSR count). The van der Waals surface area contributed by atoms with E-state index in [1.807, 2.05) is 0 Å². The molecule has 0 heterocycles. The van der Waals surface area contributed by atoms with Crippen LogP contribution in [0, 0.1) is 5.82 Å². The molecule has 0 radical (unpaired) electrons. The fourth-order valence-corrected chi connectivity index (χ4v) is 2.51. The molecular formula is C15H11BrClFO3. The van der Waals surface area contributed by atoms with Crippen molar-refractivity contribution in [3.8, 4) is 11.5 Å². The van der Waals surface area contributed by atoms with E-state index in [0.29, 0.717) is 16.0 Å². The molecule has 0 saturated heterocycles. The van der Waals surface area contributed by atoms with Gasteiger partial charge in [-0.2, -0.15) is 0 Å². The zero-order valence-corrected chi connectivity index (χ0v) is 13.6. The highest BCUT2D eigenvalue weighted by molar-refractivity contribution is 9.10. The maximum absolute atomic E-state index is 13.3. The second-order valence-corrected chi connectivity index (χ2v) is 5.40. The molecule has 0 aliphatic heterocycles. The summed E-state index contributed by atoms with van der Waals surface area (Å²) in [7, 11) is 2.93. The second-order valence-electron chi connectivity index (χ2n) is 4.14. The first-order chi connectivity index (χ1) is 9.97. The fraction of sp³-hybridized carbons (Fsp3) is 0.133. The Labute approximate surface area is 134 Å². The molecule has 0 N–H and O–H groups in total. The smallest absolute Gasteiger partial charge is 0.195 e. The number of ether oxygens (including phenoxy) is 2. The maximum Gasteiger partial charge on any atom is 0.195 e. The standard InChI is InChI=1S/C15H11BrClFO3/c1-20-13-6-10(12(17)7-14(13)21-2)15(19)9-5-8(18)3-4-11(9)16/h3-7H,1-2H3. The summed E-state index contributed by atoms with van der Waals surface area (Å²) in [6.07, 6.45) is 0. The molecule has 3 nitrogen and oxygen atoms in total. The molecule has 0 aromatic heterocycles. The third kappa shape index (κ3) is 3.19. The molecule has 110 valence electrons. The van der Waals surface area contributed by atoms with E-state index in [1.165, 1.54) is 38.5 Å². The van der Waals surface area contributed by atoms with Gasteiger partial charge in [-0.25, -0.2) is 4.39 Å². The van der Waals surface area contributed by atoms with Crippen molar-refractivity contribution in [2.45, 2.75) is 0 Å². The quantitative estimate of drug-likeness (QED) is 0.741. The molecule has 0 amide bonds. The van der Waals surface area contributed by atoms with Crippen molar-refractivity contribution in [3.63, 3.8) is 0 Å². The first-order valence-corrected chi connectivity index (χ1v) is 7.06. The molecule has 0 bridgehead atoms. The zero-order chi connectivity index (χ0) is 15.6. The number of carbonyl (C=O) groups excluding carboxylic acids is 1. The molecule has 0 spiro atoms. The summed E-state index contributed by atoms with van der Waals surface area (Å²) in [4.78, 5) is 12.5. The minimum Gasteiger partial charge on any atom is -0.493 e. The first-order valence-electron chi connectivity index (χ1n) is 5.89. The van der Waals surface area contributed by atoms with E-state index < -0.39 is 11.6 Å². The van der Waals surface area contributed by atoms with Crippen molar-refractivity contribution < 1.29 is 18.7 Å². The van der Waals surface area contributed by atoms with Crippen molar-refractivity contribution >= 4 is 33.3 Å². The SMILES string of the molecule is COc1cc(Cl)c(C(=O)c2cc(F)ccc2Br)cc1OC. The monoisotopic (exact) mass is 372 g/mol. The van der Waals surface area contributed by atoms with Crippen LogP contribution in [0.3, 0.4) is 0 Å². The Bertz CT molecular complexity index is 704. The average molecular weight is 374 g/mol. The summed E-state index contributed by atoms with van der Waals surface area (Å²) in [5.41, 5.74) is 0.393. The number of hydrogen-bond acceptors (Lipinski definition) is 3. The summed E-state index contributed by atoms with van der Waals surface area (Å²) in [6, 6.07) is 6.84. The molecule has 0 fully saturated rings. The van der Waals surface area contributed by atoms with Gasteiger partial charge in [-0.3, -0.25) is 4.79 Å². The molecule has 2 aromatic carbocycles. The van der Waals surface area contributed by atoms with Crippen LogP contribution in [0.5, 0.6) is 11.5 Å². The van der Waals surface area contributed by atoms with Crippen LogP contribution in [-0.4, -0.2) is 20.0 Å². The average Bonchev–Trinajstić information content (AvgIpc) is 2.48. The lowest BCUT2D eigenvalue weighted by Crippen LogP contribution is -2.05. The molecule has 0 saturated carbocycles. The van der Waals surface area contributed by atoms with E-state index in [0.717, 1.165) is 6.07 Å². The van der Waals surface area contributed by atoms with Crippen LogP contribution < -0.4 is 9.47 Å². The Morgan fingerprint density at radius 1 is 1.10 bits per heavy atom. The Morgan fingerprint density at radius 3 is 2.33 bits per heavy atom. The predicted octanol–water partition coefficient (Wildman–Crippen LogP) is 4.49. The summed E-state index contributed by atoms with van der Waals surface area (Å²) in [6.45, 7) is 0. The largest absolute Gasteiger partial charge is 0.493 e. The molecule has 6 heteroatoms. The number of hydrogen-bond donors (Lipinski definition) is 0. The number of ketones is 1. The lowest BCUT2D eigenvalue weighted by Gasteiger charge is -2.11. The normalized spacial score (nSPS) is 10.3. The van der Waals surface area contributed by atoms with Crippen LogP contribution in [0.25, 0.3) is 0 Å². The summed E-state index contributed by atoms with van der Waals surface area (Å²) in [5.74, 6) is -0.124. The van der Waals surface area contributed by atoms with Crippen LogP contribution in [-0.2, 0) is 0 Å². The third-order valence-electron chi connectivity index (χ3n) is 2.89. The van der Waals surface area contributed by atoms with Gasteiger partial charge in [0, 0.05) is 21.7 Å². The minimum atomic E-state index is -0.502. The van der Waals surface area contributed by atoms with Crippen LogP contribution >= 0.6 is 27.5 Å². The Morgan fingerprint density at radius 2 is 1.71 bits per heavy atom. The predicted molar refractivity (Wildman–Crippen MR) is 82.1 cm³/mol. The minimum absolute atomic E-state index is 0.184. The van der Waals surface area contributed by atoms with Gasteiger partial charge in [0.15, 0.2) is 17.3 Å². The molecule has 0 aliphatic carbocycles. The van der Waals surface area contributed by atoms with Crippen molar-refractivity contribution in [3.05, 3.63) is 56.8 Å². The number of halogens is 3. The first kappa shape index (κ1) is 15.8. The summed E-state index contributed by atoms with van der Waals surface area (Å²) >= 11 is 9.34. The van der Waals surface area contributed by atoms with Gasteiger partial charge in [-0.1, -0.05) is 27.5 Å². The van der Waals surface area contributed by atoms with E-state index in [-0.39, 0.29) is 16.1 Å². The molecule has 21 heavy (non-hydrogen) atoms. The highest BCUT2D eigenvalue weighted by Gasteiger charge is 2.19. The second kappa shape index (κ2) is 6.45. The third-order valence-corrected chi connectivity index (χ3v) is 3.90. The lowest BCUT2D eigenvalue weighted by molar-refractivity contribution is 0.103. The van der Waals surface area contributed by atoms with E-state index in [1.54, 1.807) is 0 Å². The van der Waals surface area contributed by atoms with E-state index in [9.17, 15) is 9.18 Å². The molecule has 0 aliphatic rings. The Hall–Kier alpha value is -1.59. The summed E-state index contributed by atoms with van der Waals surface area (Å²) < 4.78 is 24.1. The van der Waals surface area contributed by atoms with Gasteiger partial charge < -0.3 is 9.47 Å². The zero-order valence-electron chi connectivity index (χ0n) is 11.2. The van der Waals surface area contributed by atoms with E-state index in [4.69, 9.17) is 21.1 Å². The van der Waals surface area contributed by atoms with Crippen LogP contribution in [0.15, 0.2) is 34.8 Å². The van der Waals surface area contributed by atoms with Gasteiger partial charge in [0.2, 0.25) is 0 Å². The Kier molecular flexibility index (Phi) is 4.85. The molecule has 0 unspecified atom stereocenters. The molecule has 2 aromatic rings. The van der Waals surface area contributed by atoms with E-state index >= 15 is 0 Å². The number of carbonyl (C=O) groups is 1. The number of methoxy groups -OCH3 is 2. The van der Waals surface area contributed by atoms with Gasteiger partial charge in [-0.05, 0) is 24.3 Å². The van der Waals surface area contributed by atoms with Gasteiger partial charge in [0.25, 0.3) is 0 Å². The van der Waals surface area contributed by atoms with Crippen molar-refractivity contribution in [1.29, 1.82) is 0 Å².